The van der Waals surface area contributed by atoms with E-state index in [1.54, 1.807) is 12.1 Å². The molecule has 4 N–H and O–H groups in total. The molecular formula is C15H25NO3. The first-order valence-electron chi connectivity index (χ1n) is 6.84. The Morgan fingerprint density at radius 2 is 1.68 bits per heavy atom. The summed E-state index contributed by atoms with van der Waals surface area (Å²) < 4.78 is 0. The van der Waals surface area contributed by atoms with E-state index < -0.39 is 5.97 Å². The van der Waals surface area contributed by atoms with Crippen molar-refractivity contribution < 1.29 is 15.0 Å². The summed E-state index contributed by atoms with van der Waals surface area (Å²) >= 11 is 0. The van der Waals surface area contributed by atoms with Gasteiger partial charge in [0.05, 0.1) is 0 Å². The van der Waals surface area contributed by atoms with Crippen LogP contribution in [0.1, 0.15) is 55.8 Å². The molecule has 0 spiro atoms. The minimum absolute atomic E-state index is 0.0671. The minimum atomic E-state index is -1.11. The lowest BCUT2D eigenvalue weighted by Crippen LogP contribution is -1.97. The lowest BCUT2D eigenvalue weighted by atomic mass is 10.1. The topological polar surface area (TPSA) is 83.6 Å². The highest BCUT2D eigenvalue weighted by Crippen LogP contribution is 2.14. The molecule has 0 aromatic heterocycles. The average Bonchev–Trinajstić information content (AvgIpc) is 2.40. The van der Waals surface area contributed by atoms with Gasteiger partial charge >= 0.3 is 5.97 Å². The first-order chi connectivity index (χ1) is 9.13. The van der Waals surface area contributed by atoms with Crippen LogP contribution in [0.2, 0.25) is 0 Å². The molecule has 0 heterocycles. The van der Waals surface area contributed by atoms with Crippen LogP contribution in [-0.4, -0.2) is 22.7 Å². The number of aromatic carboxylic acids is 1. The minimum Gasteiger partial charge on any atom is -0.507 e. The second-order valence-electron chi connectivity index (χ2n) is 4.38. The van der Waals surface area contributed by atoms with Gasteiger partial charge in [0.2, 0.25) is 0 Å². The van der Waals surface area contributed by atoms with Gasteiger partial charge in [0.1, 0.15) is 11.3 Å². The van der Waals surface area contributed by atoms with E-state index in [4.69, 9.17) is 15.9 Å². The van der Waals surface area contributed by atoms with E-state index in [1.807, 2.05) is 0 Å². The van der Waals surface area contributed by atoms with Crippen molar-refractivity contribution in [2.75, 3.05) is 6.54 Å². The van der Waals surface area contributed by atoms with Crippen LogP contribution in [0.15, 0.2) is 24.3 Å². The number of aromatic hydroxyl groups is 1. The summed E-state index contributed by atoms with van der Waals surface area (Å²) in [5.41, 5.74) is 5.28. The van der Waals surface area contributed by atoms with Crippen LogP contribution in [0.3, 0.4) is 0 Å². The van der Waals surface area contributed by atoms with E-state index in [0.29, 0.717) is 0 Å². The van der Waals surface area contributed by atoms with Crippen molar-refractivity contribution in [1.82, 2.24) is 0 Å². The van der Waals surface area contributed by atoms with Crippen LogP contribution in [0.4, 0.5) is 0 Å². The highest BCUT2D eigenvalue weighted by Gasteiger charge is 2.05. The molecule has 0 aliphatic rings. The van der Waals surface area contributed by atoms with Crippen molar-refractivity contribution >= 4 is 5.97 Å². The van der Waals surface area contributed by atoms with Gasteiger partial charge in [-0.25, -0.2) is 4.79 Å². The molecule has 0 aliphatic heterocycles. The third-order valence-electron chi connectivity index (χ3n) is 2.69. The standard InChI is InChI=1S/C8H19N.C7H6O3/c1-2-3-4-5-6-7-8-9;8-6-4-2-1-3-5(6)7(9)10/h2-9H2,1H3;1-4,8H,(H,9,10). The molecular weight excluding hydrogens is 242 g/mol. The van der Waals surface area contributed by atoms with E-state index >= 15 is 0 Å². The summed E-state index contributed by atoms with van der Waals surface area (Å²) in [6.07, 6.45) is 8.05. The van der Waals surface area contributed by atoms with Gasteiger partial charge in [-0.2, -0.15) is 0 Å². The number of carbonyl (C=O) groups is 1. The normalized spacial score (nSPS) is 9.58. The highest BCUT2D eigenvalue weighted by molar-refractivity contribution is 5.90. The molecule has 0 saturated carbocycles. The Hall–Kier alpha value is -1.55. The lowest BCUT2D eigenvalue weighted by molar-refractivity contribution is 0.0693. The number of hydrogen-bond acceptors (Lipinski definition) is 3. The summed E-state index contributed by atoms with van der Waals surface area (Å²) in [5.74, 6) is -1.31. The maximum Gasteiger partial charge on any atom is 0.339 e. The number of nitrogens with two attached hydrogens (primary N) is 1. The summed E-state index contributed by atoms with van der Waals surface area (Å²) in [5, 5.41) is 17.3. The molecule has 1 aromatic rings. The van der Waals surface area contributed by atoms with Gasteiger partial charge in [-0.15, -0.1) is 0 Å². The third kappa shape index (κ3) is 9.08. The predicted octanol–water partition coefficient (Wildman–Crippen LogP) is 3.40. The maximum absolute atomic E-state index is 10.3. The molecule has 0 aliphatic carbocycles. The Morgan fingerprint density at radius 1 is 1.11 bits per heavy atom. The molecule has 1 aromatic carbocycles. The highest BCUT2D eigenvalue weighted by atomic mass is 16.4. The van der Waals surface area contributed by atoms with Crippen molar-refractivity contribution in [1.29, 1.82) is 0 Å². The van der Waals surface area contributed by atoms with Crippen molar-refractivity contribution in [3.8, 4) is 5.75 Å². The molecule has 19 heavy (non-hydrogen) atoms. The predicted molar refractivity (Wildman–Crippen MR) is 77.5 cm³/mol. The van der Waals surface area contributed by atoms with Gasteiger partial charge in [0.15, 0.2) is 0 Å². The third-order valence-corrected chi connectivity index (χ3v) is 2.69. The molecule has 0 radical (unpaired) electrons. The van der Waals surface area contributed by atoms with Crippen molar-refractivity contribution in [3.05, 3.63) is 29.8 Å². The van der Waals surface area contributed by atoms with Crippen LogP contribution in [0.5, 0.6) is 5.75 Å². The van der Waals surface area contributed by atoms with Gasteiger partial charge < -0.3 is 15.9 Å². The van der Waals surface area contributed by atoms with E-state index in [0.717, 1.165) is 6.54 Å². The molecule has 0 unspecified atom stereocenters. The Labute approximate surface area is 115 Å². The Morgan fingerprint density at radius 3 is 2.16 bits per heavy atom. The van der Waals surface area contributed by atoms with Crippen LogP contribution >= 0.6 is 0 Å². The summed E-state index contributed by atoms with van der Waals surface area (Å²) in [6.45, 7) is 3.11. The summed E-state index contributed by atoms with van der Waals surface area (Å²) in [4.78, 5) is 10.3. The zero-order chi connectivity index (χ0) is 14.5. The van der Waals surface area contributed by atoms with Crippen LogP contribution in [0.25, 0.3) is 0 Å². The molecule has 0 amide bonds. The SMILES string of the molecule is CCCCCCCCN.O=C(O)c1ccccc1O. The van der Waals surface area contributed by atoms with Gasteiger partial charge in [0.25, 0.3) is 0 Å². The fourth-order valence-corrected chi connectivity index (χ4v) is 1.58. The quantitative estimate of drug-likeness (QED) is 0.661. The number of carboxylic acid groups (broad SMARTS) is 1. The number of benzene rings is 1. The molecule has 0 fully saturated rings. The van der Waals surface area contributed by atoms with Crippen LogP contribution < -0.4 is 5.73 Å². The summed E-state index contributed by atoms with van der Waals surface area (Å²) in [6, 6.07) is 5.81. The number of carboxylic acids is 1. The maximum atomic E-state index is 10.3. The Bertz CT molecular complexity index is 347. The Kier molecular flexibility index (Phi) is 10.6. The fraction of sp³-hybridized carbons (Fsp3) is 0.533. The van der Waals surface area contributed by atoms with Gasteiger partial charge in [-0.05, 0) is 25.1 Å². The molecule has 0 atom stereocenters. The molecule has 108 valence electrons. The monoisotopic (exact) mass is 267 g/mol. The first kappa shape index (κ1) is 17.4. The number of rotatable bonds is 7. The van der Waals surface area contributed by atoms with Gasteiger partial charge in [-0.1, -0.05) is 51.2 Å². The number of phenols is 1. The fourth-order valence-electron chi connectivity index (χ4n) is 1.58. The van der Waals surface area contributed by atoms with E-state index in [1.165, 1.54) is 50.7 Å². The number of hydrogen-bond donors (Lipinski definition) is 3. The molecule has 0 saturated heterocycles. The smallest absolute Gasteiger partial charge is 0.339 e. The van der Waals surface area contributed by atoms with E-state index in [9.17, 15) is 4.79 Å². The lowest BCUT2D eigenvalue weighted by Gasteiger charge is -1.96. The second kappa shape index (κ2) is 11.5. The largest absolute Gasteiger partial charge is 0.507 e. The van der Waals surface area contributed by atoms with Crippen molar-refractivity contribution in [3.63, 3.8) is 0 Å². The van der Waals surface area contributed by atoms with Gasteiger partial charge in [0, 0.05) is 0 Å². The van der Waals surface area contributed by atoms with Crippen LogP contribution in [-0.2, 0) is 0 Å². The zero-order valence-electron chi connectivity index (χ0n) is 11.6. The zero-order valence-corrected chi connectivity index (χ0v) is 11.6. The molecule has 1 rings (SSSR count). The number of unbranched alkanes of at least 4 members (excludes halogenated alkanes) is 5. The van der Waals surface area contributed by atoms with Crippen molar-refractivity contribution in [2.45, 2.75) is 45.4 Å². The molecule has 4 nitrogen and oxygen atoms in total. The molecule has 0 bridgehead atoms. The number of para-hydroxylation sites is 1. The average molecular weight is 267 g/mol. The van der Waals surface area contributed by atoms with Crippen molar-refractivity contribution in [2.24, 2.45) is 5.73 Å². The van der Waals surface area contributed by atoms with Crippen LogP contribution in [0, 0.1) is 0 Å². The molecule has 4 heteroatoms. The Balaban J connectivity index is 0.000000344. The second-order valence-corrected chi connectivity index (χ2v) is 4.38. The van der Waals surface area contributed by atoms with E-state index in [-0.39, 0.29) is 11.3 Å². The van der Waals surface area contributed by atoms with E-state index in [2.05, 4.69) is 6.92 Å². The van der Waals surface area contributed by atoms with Gasteiger partial charge in [-0.3, -0.25) is 0 Å². The first-order valence-corrected chi connectivity index (χ1v) is 6.84. The summed E-state index contributed by atoms with van der Waals surface area (Å²) in [7, 11) is 0.